The van der Waals surface area contributed by atoms with Gasteiger partial charge < -0.3 is 14.6 Å². The second-order valence-corrected chi connectivity index (χ2v) is 5.06. The number of methoxy groups -OCH3 is 1. The van der Waals surface area contributed by atoms with Crippen LogP contribution >= 0.6 is 0 Å². The van der Waals surface area contributed by atoms with E-state index in [-0.39, 0.29) is 11.6 Å². The molecule has 2 aromatic rings. The maximum atomic E-state index is 12.2. The van der Waals surface area contributed by atoms with Gasteiger partial charge in [0.15, 0.2) is 5.92 Å². The number of aromatic nitrogens is 2. The Labute approximate surface area is 125 Å². The predicted octanol–water partition coefficient (Wildman–Crippen LogP) is 1.26. The van der Waals surface area contributed by atoms with E-state index in [1.807, 2.05) is 0 Å². The number of hydrogen-bond acceptors (Lipinski definition) is 6. The monoisotopic (exact) mass is 302 g/mol. The highest BCUT2D eigenvalue weighted by Gasteiger charge is 2.46. The number of rotatable bonds is 2. The SMILES string of the molecule is COC(=O)C1C(=O)Oc2n[nH]c(C)c2C1c1ccc(O)cc1. The number of carbonyl (C=O) groups is 2. The third kappa shape index (κ3) is 2.11. The summed E-state index contributed by atoms with van der Waals surface area (Å²) in [6, 6.07) is 6.31. The highest BCUT2D eigenvalue weighted by Crippen LogP contribution is 2.43. The Kier molecular flexibility index (Phi) is 3.32. The largest absolute Gasteiger partial charge is 0.508 e. The van der Waals surface area contributed by atoms with Gasteiger partial charge in [-0.2, -0.15) is 0 Å². The number of H-pyrrole nitrogens is 1. The molecule has 3 rings (SSSR count). The van der Waals surface area contributed by atoms with Gasteiger partial charge in [0, 0.05) is 17.2 Å². The van der Waals surface area contributed by atoms with Gasteiger partial charge in [-0.1, -0.05) is 12.1 Å². The molecule has 1 aromatic carbocycles. The van der Waals surface area contributed by atoms with E-state index in [4.69, 9.17) is 9.47 Å². The molecular formula is C15H14N2O5. The summed E-state index contributed by atoms with van der Waals surface area (Å²) in [6.45, 7) is 1.78. The van der Waals surface area contributed by atoms with E-state index in [1.165, 1.54) is 19.2 Å². The number of carbonyl (C=O) groups excluding carboxylic acids is 2. The first-order valence-corrected chi connectivity index (χ1v) is 6.66. The quantitative estimate of drug-likeness (QED) is 0.640. The lowest BCUT2D eigenvalue weighted by atomic mass is 9.79. The van der Waals surface area contributed by atoms with Crippen molar-refractivity contribution in [2.45, 2.75) is 12.8 Å². The standard InChI is InChI=1S/C15H14N2O5/c1-7-10-11(8-3-5-9(18)6-4-8)12(14(19)21-2)15(20)22-13(10)17-16-7/h3-6,11-12,18H,1-2H3,(H,16,17). The number of nitrogens with one attached hydrogen (secondary N) is 1. The fourth-order valence-electron chi connectivity index (χ4n) is 2.72. The molecule has 2 heterocycles. The predicted molar refractivity (Wildman–Crippen MR) is 74.4 cm³/mol. The number of fused-ring (bicyclic) bond motifs is 1. The number of benzene rings is 1. The van der Waals surface area contributed by atoms with E-state index >= 15 is 0 Å². The summed E-state index contributed by atoms with van der Waals surface area (Å²) in [7, 11) is 1.22. The van der Waals surface area contributed by atoms with Gasteiger partial charge in [-0.05, 0) is 24.6 Å². The molecular weight excluding hydrogens is 288 g/mol. The molecule has 0 amide bonds. The van der Waals surface area contributed by atoms with E-state index in [2.05, 4.69) is 10.2 Å². The van der Waals surface area contributed by atoms with E-state index in [0.29, 0.717) is 16.8 Å². The number of aryl methyl sites for hydroxylation is 1. The highest BCUT2D eigenvalue weighted by molar-refractivity contribution is 5.99. The zero-order valence-electron chi connectivity index (χ0n) is 12.0. The smallest absolute Gasteiger partial charge is 0.328 e. The number of esters is 2. The molecule has 1 aliphatic rings. The van der Waals surface area contributed by atoms with Crippen LogP contribution in [-0.4, -0.2) is 34.4 Å². The van der Waals surface area contributed by atoms with Crippen LogP contribution in [0.3, 0.4) is 0 Å². The van der Waals surface area contributed by atoms with Crippen molar-refractivity contribution in [3.63, 3.8) is 0 Å². The summed E-state index contributed by atoms with van der Waals surface area (Å²) in [4.78, 5) is 24.3. The molecule has 2 atom stereocenters. The molecule has 22 heavy (non-hydrogen) atoms. The van der Waals surface area contributed by atoms with Crippen molar-refractivity contribution in [2.24, 2.45) is 5.92 Å². The van der Waals surface area contributed by atoms with Crippen molar-refractivity contribution in [3.05, 3.63) is 41.1 Å². The Balaban J connectivity index is 2.18. The first-order valence-electron chi connectivity index (χ1n) is 6.66. The van der Waals surface area contributed by atoms with Crippen LogP contribution in [0.15, 0.2) is 24.3 Å². The van der Waals surface area contributed by atoms with Crippen LogP contribution in [0.1, 0.15) is 22.7 Å². The first-order chi connectivity index (χ1) is 10.5. The molecule has 1 aliphatic heterocycles. The van der Waals surface area contributed by atoms with E-state index in [1.54, 1.807) is 19.1 Å². The number of phenols is 1. The number of aromatic hydroxyl groups is 1. The molecule has 2 unspecified atom stereocenters. The Morgan fingerprint density at radius 3 is 2.68 bits per heavy atom. The molecule has 0 spiro atoms. The van der Waals surface area contributed by atoms with Crippen LogP contribution in [0.5, 0.6) is 11.6 Å². The van der Waals surface area contributed by atoms with Crippen molar-refractivity contribution < 1.29 is 24.2 Å². The van der Waals surface area contributed by atoms with Gasteiger partial charge in [0.2, 0.25) is 5.88 Å². The summed E-state index contributed by atoms with van der Waals surface area (Å²) in [6.07, 6.45) is 0. The average Bonchev–Trinajstić information content (AvgIpc) is 2.87. The maximum Gasteiger partial charge on any atom is 0.328 e. The van der Waals surface area contributed by atoms with Crippen molar-refractivity contribution >= 4 is 11.9 Å². The Hall–Kier alpha value is -2.83. The second-order valence-electron chi connectivity index (χ2n) is 5.06. The van der Waals surface area contributed by atoms with Gasteiger partial charge in [-0.15, -0.1) is 5.10 Å². The van der Waals surface area contributed by atoms with Gasteiger partial charge in [0.1, 0.15) is 5.75 Å². The molecule has 2 N–H and O–H groups in total. The van der Waals surface area contributed by atoms with Crippen molar-refractivity contribution in [3.8, 4) is 11.6 Å². The second kappa shape index (κ2) is 5.18. The van der Waals surface area contributed by atoms with E-state index in [9.17, 15) is 14.7 Å². The number of phenolic OH excluding ortho intramolecular Hbond substituents is 1. The zero-order chi connectivity index (χ0) is 15.9. The molecule has 114 valence electrons. The number of ether oxygens (including phenoxy) is 2. The molecule has 7 nitrogen and oxygen atoms in total. The Bertz CT molecular complexity index is 735. The summed E-state index contributed by atoms with van der Waals surface area (Å²) >= 11 is 0. The molecule has 0 bridgehead atoms. The summed E-state index contributed by atoms with van der Waals surface area (Å²) in [5.74, 6) is -2.80. The number of aromatic amines is 1. The van der Waals surface area contributed by atoms with Crippen LogP contribution in [-0.2, 0) is 14.3 Å². The molecule has 1 aromatic heterocycles. The zero-order valence-corrected chi connectivity index (χ0v) is 12.0. The topological polar surface area (TPSA) is 102 Å². The fourth-order valence-corrected chi connectivity index (χ4v) is 2.72. The van der Waals surface area contributed by atoms with Crippen LogP contribution in [0.4, 0.5) is 0 Å². The van der Waals surface area contributed by atoms with Crippen LogP contribution in [0.2, 0.25) is 0 Å². The molecule has 0 saturated heterocycles. The summed E-state index contributed by atoms with van der Waals surface area (Å²) in [5.41, 5.74) is 2.03. The molecule has 7 heteroatoms. The normalized spacial score (nSPS) is 20.2. The van der Waals surface area contributed by atoms with Crippen LogP contribution in [0.25, 0.3) is 0 Å². The minimum absolute atomic E-state index is 0.0980. The fraction of sp³-hybridized carbons (Fsp3) is 0.267. The van der Waals surface area contributed by atoms with Crippen molar-refractivity contribution in [1.82, 2.24) is 10.2 Å². The molecule has 0 saturated carbocycles. The lowest BCUT2D eigenvalue weighted by Gasteiger charge is -2.28. The lowest BCUT2D eigenvalue weighted by Crippen LogP contribution is -2.38. The Morgan fingerprint density at radius 2 is 2.05 bits per heavy atom. The average molecular weight is 302 g/mol. The van der Waals surface area contributed by atoms with Crippen molar-refractivity contribution in [1.29, 1.82) is 0 Å². The van der Waals surface area contributed by atoms with E-state index < -0.39 is 23.8 Å². The molecule has 0 fully saturated rings. The van der Waals surface area contributed by atoms with Gasteiger partial charge >= 0.3 is 11.9 Å². The van der Waals surface area contributed by atoms with Gasteiger partial charge in [-0.25, -0.2) is 0 Å². The third-order valence-corrected chi connectivity index (χ3v) is 3.76. The number of nitrogens with zero attached hydrogens (tertiary/aromatic N) is 1. The summed E-state index contributed by atoms with van der Waals surface area (Å²) in [5, 5.41) is 16.1. The first kappa shape index (κ1) is 14.1. The minimum Gasteiger partial charge on any atom is -0.508 e. The third-order valence-electron chi connectivity index (χ3n) is 3.76. The van der Waals surface area contributed by atoms with Crippen molar-refractivity contribution in [2.75, 3.05) is 7.11 Å². The number of hydrogen-bond donors (Lipinski definition) is 2. The lowest BCUT2D eigenvalue weighted by molar-refractivity contribution is -0.157. The van der Waals surface area contributed by atoms with Gasteiger partial charge in [-0.3, -0.25) is 14.7 Å². The molecule has 0 aliphatic carbocycles. The summed E-state index contributed by atoms with van der Waals surface area (Å²) < 4.78 is 9.88. The van der Waals surface area contributed by atoms with Gasteiger partial charge in [0.05, 0.1) is 7.11 Å². The van der Waals surface area contributed by atoms with E-state index in [0.717, 1.165) is 0 Å². The van der Waals surface area contributed by atoms with Crippen LogP contribution in [0, 0.1) is 12.8 Å². The Morgan fingerprint density at radius 1 is 1.36 bits per heavy atom. The maximum absolute atomic E-state index is 12.2. The minimum atomic E-state index is -1.11. The molecule has 0 radical (unpaired) electrons. The van der Waals surface area contributed by atoms with Gasteiger partial charge in [0.25, 0.3) is 0 Å². The van der Waals surface area contributed by atoms with Crippen LogP contribution < -0.4 is 4.74 Å². The highest BCUT2D eigenvalue weighted by atomic mass is 16.6.